The molecule has 0 unspecified atom stereocenters. The van der Waals surface area contributed by atoms with Crippen molar-refractivity contribution in [1.82, 2.24) is 4.57 Å². The third kappa shape index (κ3) is 11.3. The summed E-state index contributed by atoms with van der Waals surface area (Å²) in [5.74, 6) is 0. The van der Waals surface area contributed by atoms with Crippen LogP contribution in [0.15, 0.2) is 261 Å². The van der Waals surface area contributed by atoms with Crippen LogP contribution >= 0.6 is 0 Å². The second kappa shape index (κ2) is 24.7. The number of para-hydroxylation sites is 1. The number of rotatable bonds is 6. The third-order valence-electron chi connectivity index (χ3n) is 25.2. The van der Waals surface area contributed by atoms with Gasteiger partial charge in [0.2, 0.25) is 0 Å². The van der Waals surface area contributed by atoms with E-state index in [-0.39, 0.29) is 44.6 Å². The summed E-state index contributed by atoms with van der Waals surface area (Å²) >= 11 is 0. The lowest BCUT2D eigenvalue weighted by Crippen LogP contribution is -2.61. The standard InChI is InChI=1S/C107H106BN3/c1-100(2,3)69-44-50-90(82(60-69)67-53-71(102(7,8)9)58-72(54-67)103(10,11)12)110-92-49-43-66(65-33-23-22-24-34-65)57-88(92)108-87-48-46-76(109-89-42-32-28-38-81(89)97-93(109)52-47-80-79-37-27-31-41-86(79)107(98(80)97)84-39-29-25-35-77(84)78-36-26-30-40-85(78)107)64-94(87)111(96-63-75(106(19,20)21)62-95(110)99(96)108)91-51-45-70(101(4,5)6)61-83(91)68-55-73(104(13,14)15)59-74(56-68)105(16,17)18/h22-64H,1-21H3. The molecule has 1 aromatic heterocycles. The van der Waals surface area contributed by atoms with Crippen molar-refractivity contribution in [1.29, 1.82) is 0 Å². The number of nitrogens with zero attached hydrogens (tertiary/aromatic N) is 3. The summed E-state index contributed by atoms with van der Waals surface area (Å²) in [6, 6.07) is 103. The summed E-state index contributed by atoms with van der Waals surface area (Å²) in [4.78, 5) is 5.47. The zero-order valence-corrected chi connectivity index (χ0v) is 69.2. The van der Waals surface area contributed by atoms with Gasteiger partial charge in [-0.3, -0.25) is 0 Å². The Labute approximate surface area is 661 Å². The van der Waals surface area contributed by atoms with Crippen LogP contribution in [0.3, 0.4) is 0 Å². The molecule has 0 bridgehead atoms. The highest BCUT2D eigenvalue weighted by atomic mass is 15.2. The maximum absolute atomic E-state index is 2.76. The molecule has 18 rings (SSSR count). The van der Waals surface area contributed by atoms with E-state index >= 15 is 0 Å². The van der Waals surface area contributed by atoms with E-state index in [4.69, 9.17) is 0 Å². The molecule has 4 heteroatoms. The van der Waals surface area contributed by atoms with E-state index in [1.807, 2.05) is 0 Å². The Bertz CT molecular complexity index is 6070. The first-order valence-corrected chi connectivity index (χ1v) is 40.6. The van der Waals surface area contributed by atoms with Crippen LogP contribution in [0.2, 0.25) is 0 Å². The maximum atomic E-state index is 2.76. The fourth-order valence-corrected chi connectivity index (χ4v) is 19.0. The van der Waals surface area contributed by atoms with Gasteiger partial charge in [-0.1, -0.05) is 340 Å². The maximum Gasteiger partial charge on any atom is 0.252 e. The Morgan fingerprint density at radius 1 is 0.252 bits per heavy atom. The molecule has 111 heavy (non-hydrogen) atoms. The van der Waals surface area contributed by atoms with Crippen LogP contribution in [0.4, 0.5) is 34.1 Å². The van der Waals surface area contributed by atoms with Crippen LogP contribution in [0.25, 0.3) is 83.1 Å². The number of benzene rings is 13. The molecule has 0 amide bonds. The Kier molecular flexibility index (Phi) is 16.0. The van der Waals surface area contributed by atoms with Crippen LogP contribution in [0, 0.1) is 0 Å². The van der Waals surface area contributed by atoms with Gasteiger partial charge in [0.15, 0.2) is 0 Å². The smallest absolute Gasteiger partial charge is 0.252 e. The van der Waals surface area contributed by atoms with Crippen molar-refractivity contribution in [3.05, 3.63) is 322 Å². The van der Waals surface area contributed by atoms with E-state index < -0.39 is 5.41 Å². The number of aromatic nitrogens is 1. The first kappa shape index (κ1) is 71.9. The minimum Gasteiger partial charge on any atom is -0.311 e. The van der Waals surface area contributed by atoms with E-state index in [1.54, 1.807) is 0 Å². The average molecular weight is 1440 g/mol. The van der Waals surface area contributed by atoms with E-state index in [0.717, 1.165) is 17.1 Å². The van der Waals surface area contributed by atoms with Gasteiger partial charge >= 0.3 is 0 Å². The van der Waals surface area contributed by atoms with Crippen LogP contribution in [0.1, 0.15) is 207 Å². The molecule has 1 spiro atoms. The molecule has 4 aliphatic rings. The van der Waals surface area contributed by atoms with Crippen LogP contribution in [0.5, 0.6) is 0 Å². The van der Waals surface area contributed by atoms with Gasteiger partial charge in [-0.25, -0.2) is 0 Å². The molecule has 3 heterocycles. The zero-order valence-electron chi connectivity index (χ0n) is 69.2. The Balaban J connectivity index is 0.984. The van der Waals surface area contributed by atoms with E-state index in [2.05, 4.69) is 421 Å². The Morgan fingerprint density at radius 2 is 0.676 bits per heavy atom. The van der Waals surface area contributed by atoms with E-state index in [0.29, 0.717) is 0 Å². The Morgan fingerprint density at radius 3 is 1.16 bits per heavy atom. The zero-order chi connectivity index (χ0) is 77.9. The SMILES string of the molecule is CC(C)(C)c1cc(-c2cc(C(C)(C)C)ccc2N2c3ccc(-c4ccccc4)cc3B3c4ccc(-n5c6ccccc6c6c7c(ccc65)-c5ccccc5C75c6ccccc6-c6ccccc65)cc4N(c4ccc(C(C)(C)C)cc4-c4cc(C(C)(C)C)cc(C(C)(C)C)c4)c4cc(C(C)(C)C)cc2c43)cc(C(C)(C)C)c1. The molecule has 552 valence electrons. The average Bonchev–Trinajstić information content (AvgIpc) is 1.55. The summed E-state index contributed by atoms with van der Waals surface area (Å²) in [7, 11) is 0. The Hall–Kier alpha value is -10.7. The number of hydrogen-bond donors (Lipinski definition) is 0. The minimum atomic E-state index is -0.554. The van der Waals surface area contributed by atoms with Crippen LogP contribution in [-0.4, -0.2) is 11.3 Å². The van der Waals surface area contributed by atoms with Crippen molar-refractivity contribution < 1.29 is 0 Å². The van der Waals surface area contributed by atoms with Gasteiger partial charge in [0, 0.05) is 50.3 Å². The number of fused-ring (bicyclic) bond motifs is 18. The lowest BCUT2D eigenvalue weighted by atomic mass is 9.33. The molecular weight excluding hydrogens is 1340 g/mol. The van der Waals surface area contributed by atoms with Crippen molar-refractivity contribution in [3.63, 3.8) is 0 Å². The number of hydrogen-bond acceptors (Lipinski definition) is 2. The summed E-state index contributed by atoms with van der Waals surface area (Å²) in [6.45, 7) is 49.8. The highest BCUT2D eigenvalue weighted by molar-refractivity contribution is 7.00. The molecule has 0 atom stereocenters. The monoisotopic (exact) mass is 1440 g/mol. The second-order valence-corrected chi connectivity index (χ2v) is 39.8. The topological polar surface area (TPSA) is 11.4 Å². The summed E-state index contributed by atoms with van der Waals surface area (Å²) in [6.07, 6.45) is 0. The van der Waals surface area contributed by atoms with Gasteiger partial charge in [0.25, 0.3) is 6.71 Å². The van der Waals surface area contributed by atoms with Gasteiger partial charge in [-0.2, -0.15) is 0 Å². The molecule has 2 aliphatic heterocycles. The molecule has 0 saturated carbocycles. The first-order valence-electron chi connectivity index (χ1n) is 40.6. The highest BCUT2D eigenvalue weighted by Gasteiger charge is 2.53. The molecule has 0 fully saturated rings. The van der Waals surface area contributed by atoms with Crippen molar-refractivity contribution in [3.8, 4) is 61.3 Å². The quantitative estimate of drug-likeness (QED) is 0.154. The molecule has 14 aromatic rings. The molecule has 0 radical (unpaired) electrons. The highest BCUT2D eigenvalue weighted by Crippen LogP contribution is 2.65. The van der Waals surface area contributed by atoms with Crippen molar-refractivity contribution in [2.24, 2.45) is 0 Å². The minimum absolute atomic E-state index is 0.105. The molecule has 0 saturated heterocycles. The fourth-order valence-electron chi connectivity index (χ4n) is 19.0. The molecular formula is C107H106BN3. The van der Waals surface area contributed by atoms with Crippen molar-refractivity contribution in [2.45, 2.75) is 189 Å². The third-order valence-corrected chi connectivity index (χ3v) is 25.2. The largest absolute Gasteiger partial charge is 0.311 e. The lowest BCUT2D eigenvalue weighted by Gasteiger charge is -2.46. The molecule has 0 N–H and O–H groups in total. The second-order valence-electron chi connectivity index (χ2n) is 39.8. The fraction of sp³-hybridized carbons (Fsp3) is 0.271. The summed E-state index contributed by atoms with van der Waals surface area (Å²) < 4.78 is 2.62. The normalized spacial score (nSPS) is 14.4. The first-order chi connectivity index (χ1) is 52.5. The van der Waals surface area contributed by atoms with Gasteiger partial charge in [-0.15, -0.1) is 0 Å². The lowest BCUT2D eigenvalue weighted by molar-refractivity contribution is 0.568. The molecule has 13 aromatic carbocycles. The molecule has 2 aliphatic carbocycles. The van der Waals surface area contributed by atoms with E-state index in [9.17, 15) is 0 Å². The van der Waals surface area contributed by atoms with E-state index in [1.165, 1.54) is 178 Å². The van der Waals surface area contributed by atoms with Crippen molar-refractivity contribution in [2.75, 3.05) is 9.80 Å². The van der Waals surface area contributed by atoms with Gasteiger partial charge in [0.1, 0.15) is 0 Å². The summed E-state index contributed by atoms with van der Waals surface area (Å²) in [5, 5.41) is 2.54. The van der Waals surface area contributed by atoms with Crippen LogP contribution < -0.4 is 26.2 Å². The predicted octanol–water partition coefficient (Wildman–Crippen LogP) is 27.3. The summed E-state index contributed by atoms with van der Waals surface area (Å²) in [5.41, 5.74) is 39.9. The van der Waals surface area contributed by atoms with Gasteiger partial charge < -0.3 is 14.4 Å². The molecule has 3 nitrogen and oxygen atoms in total. The predicted molar refractivity (Wildman–Crippen MR) is 478 cm³/mol. The van der Waals surface area contributed by atoms with Gasteiger partial charge in [-0.05, 0) is 227 Å². The number of anilines is 6. The van der Waals surface area contributed by atoms with Crippen LogP contribution in [-0.2, 0) is 43.3 Å². The van der Waals surface area contributed by atoms with Gasteiger partial charge in [0.05, 0.1) is 27.8 Å². The van der Waals surface area contributed by atoms with Crippen molar-refractivity contribution >= 4 is 79.0 Å².